The Kier molecular flexibility index (Phi) is 4.69. The van der Waals surface area contributed by atoms with E-state index >= 15 is 0 Å². The highest BCUT2D eigenvalue weighted by Crippen LogP contribution is 2.47. The lowest BCUT2D eigenvalue weighted by Crippen LogP contribution is -2.43. The largest absolute Gasteiger partial charge is 0.268 e. The van der Waals surface area contributed by atoms with Gasteiger partial charge >= 0.3 is 0 Å². The van der Waals surface area contributed by atoms with Crippen LogP contribution >= 0.6 is 0 Å². The number of carbonyl (C=O) groups is 2. The third kappa shape index (κ3) is 3.16. The zero-order chi connectivity index (χ0) is 27.4. The summed E-state index contributed by atoms with van der Waals surface area (Å²) in [6.45, 7) is 12.8. The number of carbonyl (C=O) groups excluding carboxylic acids is 2. The van der Waals surface area contributed by atoms with Gasteiger partial charge in [-0.15, -0.1) is 0 Å². The number of imide groups is 1. The summed E-state index contributed by atoms with van der Waals surface area (Å²) in [5, 5.41) is 8.63. The molecule has 0 aromatic heterocycles. The van der Waals surface area contributed by atoms with Gasteiger partial charge in [-0.2, -0.15) is 0 Å². The van der Waals surface area contributed by atoms with E-state index in [2.05, 4.69) is 102 Å². The van der Waals surface area contributed by atoms with Crippen LogP contribution in [0.2, 0.25) is 0 Å². The van der Waals surface area contributed by atoms with E-state index in [9.17, 15) is 9.59 Å². The summed E-state index contributed by atoms with van der Waals surface area (Å²) in [4.78, 5) is 30.3. The number of hydrogen-bond donors (Lipinski definition) is 0. The molecule has 0 bridgehead atoms. The summed E-state index contributed by atoms with van der Waals surface area (Å²) in [7, 11) is 0. The Morgan fingerprint density at radius 2 is 0.923 bits per heavy atom. The molecule has 1 heterocycles. The Labute approximate surface area is 228 Å². The molecule has 6 aromatic carbocycles. The second kappa shape index (κ2) is 7.66. The Hall–Kier alpha value is -4.24. The normalized spacial score (nSPS) is 14.5. The Morgan fingerprint density at radius 3 is 1.38 bits per heavy atom. The monoisotopic (exact) mass is 509 g/mol. The Balaban J connectivity index is 1.58. The van der Waals surface area contributed by atoms with Gasteiger partial charge < -0.3 is 0 Å². The van der Waals surface area contributed by atoms with Crippen LogP contribution in [0.5, 0.6) is 0 Å². The number of anilines is 1. The van der Waals surface area contributed by atoms with E-state index in [1.165, 1.54) is 15.7 Å². The molecule has 3 heteroatoms. The minimum Gasteiger partial charge on any atom is -0.268 e. The molecule has 1 aliphatic heterocycles. The molecule has 39 heavy (non-hydrogen) atoms. The number of amides is 2. The first kappa shape index (κ1) is 23.8. The quantitative estimate of drug-likeness (QED) is 0.126. The van der Waals surface area contributed by atoms with Crippen molar-refractivity contribution >= 4 is 60.6 Å². The van der Waals surface area contributed by atoms with Crippen molar-refractivity contribution in [2.75, 3.05) is 4.90 Å². The number of benzene rings is 6. The highest BCUT2D eigenvalue weighted by molar-refractivity contribution is 6.42. The van der Waals surface area contributed by atoms with Gasteiger partial charge in [-0.05, 0) is 71.8 Å². The standard InChI is InChI=1S/C36H31NO2/c1-35(2,3)27-14-9-15-28(36(4,5)6)32(27)37-33(38)25-18-16-23-21-12-7-10-20-11-8-13-22(29(20)21)24-17-19-26(34(37)39)31(25)30(23)24/h7-19H,1-6H3. The van der Waals surface area contributed by atoms with Crippen LogP contribution in [0.4, 0.5) is 5.69 Å². The number of hydrogen-bond acceptors (Lipinski definition) is 2. The maximum Gasteiger partial charge on any atom is 0.266 e. The van der Waals surface area contributed by atoms with Crippen LogP contribution in [0.25, 0.3) is 43.1 Å². The van der Waals surface area contributed by atoms with Gasteiger partial charge in [0.1, 0.15) is 0 Å². The molecule has 192 valence electrons. The second-order valence-electron chi connectivity index (χ2n) is 12.9. The SMILES string of the molecule is CC(C)(C)c1cccc(C(C)(C)C)c1N1C(=O)c2ccc3c4cccc5cccc(c6ccc(c2c36)C1=O)c54. The highest BCUT2D eigenvalue weighted by atomic mass is 16.2. The number of nitrogens with zero attached hydrogens (tertiary/aromatic N) is 1. The van der Waals surface area contributed by atoms with Crippen LogP contribution in [-0.4, -0.2) is 11.8 Å². The van der Waals surface area contributed by atoms with E-state index in [1.807, 2.05) is 18.2 Å². The van der Waals surface area contributed by atoms with Gasteiger partial charge in [-0.25, -0.2) is 4.90 Å². The molecule has 0 unspecified atom stereocenters. The van der Waals surface area contributed by atoms with Crippen LogP contribution in [-0.2, 0) is 10.8 Å². The van der Waals surface area contributed by atoms with Crippen molar-refractivity contribution in [3.8, 4) is 0 Å². The summed E-state index contributed by atoms with van der Waals surface area (Å²) < 4.78 is 0. The summed E-state index contributed by atoms with van der Waals surface area (Å²) in [6.07, 6.45) is 0. The fourth-order valence-corrected chi connectivity index (χ4v) is 6.62. The Morgan fingerprint density at radius 1 is 0.487 bits per heavy atom. The zero-order valence-electron chi connectivity index (χ0n) is 23.3. The highest BCUT2D eigenvalue weighted by Gasteiger charge is 2.40. The molecule has 0 atom stereocenters. The maximum atomic E-state index is 14.4. The van der Waals surface area contributed by atoms with Crippen LogP contribution in [0.15, 0.2) is 78.9 Å². The lowest BCUT2D eigenvalue weighted by Gasteiger charge is -2.36. The van der Waals surface area contributed by atoms with Crippen molar-refractivity contribution in [2.24, 2.45) is 0 Å². The molecule has 0 aliphatic carbocycles. The van der Waals surface area contributed by atoms with Gasteiger partial charge in [0.25, 0.3) is 11.8 Å². The predicted molar refractivity (Wildman–Crippen MR) is 163 cm³/mol. The summed E-state index contributed by atoms with van der Waals surface area (Å²) in [6, 6.07) is 26.9. The third-order valence-electron chi connectivity index (χ3n) is 8.39. The van der Waals surface area contributed by atoms with Gasteiger partial charge in [-0.3, -0.25) is 9.59 Å². The average Bonchev–Trinajstić information content (AvgIpc) is 2.89. The van der Waals surface area contributed by atoms with Crippen molar-refractivity contribution in [1.29, 1.82) is 0 Å². The van der Waals surface area contributed by atoms with Gasteiger partial charge in [0.2, 0.25) is 0 Å². The smallest absolute Gasteiger partial charge is 0.266 e. The molecular weight excluding hydrogens is 478 g/mol. The zero-order valence-corrected chi connectivity index (χ0v) is 23.3. The molecule has 3 nitrogen and oxygen atoms in total. The maximum absolute atomic E-state index is 14.4. The molecule has 0 saturated carbocycles. The second-order valence-corrected chi connectivity index (χ2v) is 12.9. The molecular formula is C36H31NO2. The fraction of sp³-hybridized carbons (Fsp3) is 0.222. The fourth-order valence-electron chi connectivity index (χ4n) is 6.62. The van der Waals surface area contributed by atoms with Crippen LogP contribution < -0.4 is 4.90 Å². The van der Waals surface area contributed by atoms with Gasteiger partial charge in [0.15, 0.2) is 0 Å². The molecule has 0 saturated heterocycles. The lowest BCUT2D eigenvalue weighted by molar-refractivity contribution is 0.0892. The number of rotatable bonds is 1. The van der Waals surface area contributed by atoms with Crippen molar-refractivity contribution in [1.82, 2.24) is 0 Å². The minimum absolute atomic E-state index is 0.254. The minimum atomic E-state index is -0.260. The van der Waals surface area contributed by atoms with Crippen molar-refractivity contribution < 1.29 is 9.59 Å². The summed E-state index contributed by atoms with van der Waals surface area (Å²) in [5.74, 6) is -0.508. The molecule has 6 aromatic rings. The molecule has 2 amide bonds. The predicted octanol–water partition coefficient (Wildman–Crippen LogP) is 9.13. The van der Waals surface area contributed by atoms with E-state index in [4.69, 9.17) is 0 Å². The van der Waals surface area contributed by atoms with Crippen LogP contribution in [0.1, 0.15) is 73.4 Å². The van der Waals surface area contributed by atoms with Gasteiger partial charge in [0, 0.05) is 16.5 Å². The topological polar surface area (TPSA) is 37.4 Å². The average molecular weight is 510 g/mol. The van der Waals surface area contributed by atoms with Crippen molar-refractivity contribution in [3.05, 3.63) is 101 Å². The van der Waals surface area contributed by atoms with E-state index in [-0.39, 0.29) is 22.6 Å². The summed E-state index contributed by atoms with van der Waals surface area (Å²) in [5.41, 5.74) is 3.35. The van der Waals surface area contributed by atoms with E-state index < -0.39 is 0 Å². The van der Waals surface area contributed by atoms with Crippen LogP contribution in [0, 0.1) is 0 Å². The van der Waals surface area contributed by atoms with Crippen molar-refractivity contribution in [3.63, 3.8) is 0 Å². The first-order valence-electron chi connectivity index (χ1n) is 13.6. The molecule has 0 N–H and O–H groups in total. The third-order valence-corrected chi connectivity index (χ3v) is 8.39. The van der Waals surface area contributed by atoms with E-state index in [0.29, 0.717) is 11.1 Å². The number of fused-ring (bicyclic) bond motifs is 2. The van der Waals surface area contributed by atoms with Crippen LogP contribution in [0.3, 0.4) is 0 Å². The lowest BCUT2D eigenvalue weighted by atomic mass is 9.77. The molecule has 7 rings (SSSR count). The van der Waals surface area contributed by atoms with Crippen molar-refractivity contribution in [2.45, 2.75) is 52.4 Å². The molecule has 0 radical (unpaired) electrons. The van der Waals surface area contributed by atoms with E-state index in [0.717, 1.165) is 49.1 Å². The molecule has 0 spiro atoms. The van der Waals surface area contributed by atoms with E-state index in [1.54, 1.807) is 0 Å². The first-order chi connectivity index (χ1) is 18.5. The first-order valence-corrected chi connectivity index (χ1v) is 13.6. The summed E-state index contributed by atoms with van der Waals surface area (Å²) >= 11 is 0. The molecule has 1 aliphatic rings. The van der Waals surface area contributed by atoms with Gasteiger partial charge in [0.05, 0.1) is 5.69 Å². The molecule has 0 fully saturated rings. The Bertz CT molecular complexity index is 1880. The number of para-hydroxylation sites is 1. The van der Waals surface area contributed by atoms with Gasteiger partial charge in [-0.1, -0.05) is 108 Å².